The van der Waals surface area contributed by atoms with Gasteiger partial charge >= 0.3 is 0 Å². The lowest BCUT2D eigenvalue weighted by Crippen LogP contribution is -2.29. The maximum atomic E-state index is 11.0. The van der Waals surface area contributed by atoms with Crippen molar-refractivity contribution in [2.75, 3.05) is 19.6 Å². The van der Waals surface area contributed by atoms with Crippen molar-refractivity contribution in [1.82, 2.24) is 10.2 Å². The minimum atomic E-state index is 0.230. The van der Waals surface area contributed by atoms with Gasteiger partial charge in [-0.25, -0.2) is 0 Å². The maximum Gasteiger partial charge on any atom is 0.219 e. The van der Waals surface area contributed by atoms with Gasteiger partial charge in [-0.1, -0.05) is 0 Å². The standard InChI is InChI=1S/C10H18N2O/c1-8(13)12-5-4-9(7-12)6-11-10-2-3-10/h9-11H,2-7H2,1H3/t9-/m0/s1. The molecule has 1 saturated heterocycles. The van der Waals surface area contributed by atoms with E-state index in [2.05, 4.69) is 5.32 Å². The van der Waals surface area contributed by atoms with E-state index in [1.165, 1.54) is 19.3 Å². The summed E-state index contributed by atoms with van der Waals surface area (Å²) in [5, 5.41) is 3.52. The molecule has 74 valence electrons. The van der Waals surface area contributed by atoms with E-state index >= 15 is 0 Å². The number of likely N-dealkylation sites (tertiary alicyclic amines) is 1. The molecule has 2 rings (SSSR count). The van der Waals surface area contributed by atoms with E-state index in [0.717, 1.165) is 25.7 Å². The van der Waals surface area contributed by atoms with Crippen molar-refractivity contribution in [3.05, 3.63) is 0 Å². The average molecular weight is 182 g/mol. The number of hydrogen-bond acceptors (Lipinski definition) is 2. The van der Waals surface area contributed by atoms with E-state index < -0.39 is 0 Å². The third-order valence-electron chi connectivity index (χ3n) is 3.00. The highest BCUT2D eigenvalue weighted by atomic mass is 16.2. The van der Waals surface area contributed by atoms with Crippen LogP contribution in [0.2, 0.25) is 0 Å². The summed E-state index contributed by atoms with van der Waals surface area (Å²) >= 11 is 0. The number of nitrogens with one attached hydrogen (secondary N) is 1. The van der Waals surface area contributed by atoms with Gasteiger partial charge in [-0.15, -0.1) is 0 Å². The molecule has 13 heavy (non-hydrogen) atoms. The third-order valence-corrected chi connectivity index (χ3v) is 3.00. The van der Waals surface area contributed by atoms with Crippen molar-refractivity contribution in [1.29, 1.82) is 0 Å². The van der Waals surface area contributed by atoms with Gasteiger partial charge in [-0.05, 0) is 31.7 Å². The van der Waals surface area contributed by atoms with E-state index in [9.17, 15) is 4.79 Å². The van der Waals surface area contributed by atoms with Crippen LogP contribution in [0.5, 0.6) is 0 Å². The number of rotatable bonds is 3. The smallest absolute Gasteiger partial charge is 0.219 e. The zero-order valence-corrected chi connectivity index (χ0v) is 8.25. The third kappa shape index (κ3) is 2.44. The number of nitrogens with zero attached hydrogens (tertiary/aromatic N) is 1. The van der Waals surface area contributed by atoms with Gasteiger partial charge in [0.05, 0.1) is 0 Å². The van der Waals surface area contributed by atoms with Gasteiger partial charge in [-0.3, -0.25) is 4.79 Å². The van der Waals surface area contributed by atoms with Crippen LogP contribution in [-0.4, -0.2) is 36.5 Å². The molecule has 0 bridgehead atoms. The minimum absolute atomic E-state index is 0.230. The first-order valence-electron chi connectivity index (χ1n) is 5.24. The average Bonchev–Trinajstić information content (AvgIpc) is 2.79. The van der Waals surface area contributed by atoms with Crippen molar-refractivity contribution in [3.8, 4) is 0 Å². The Labute approximate surface area is 79.5 Å². The van der Waals surface area contributed by atoms with Gasteiger partial charge in [0.1, 0.15) is 0 Å². The summed E-state index contributed by atoms with van der Waals surface area (Å²) in [5.74, 6) is 0.929. The summed E-state index contributed by atoms with van der Waals surface area (Å²) in [6, 6.07) is 0.798. The van der Waals surface area contributed by atoms with Crippen LogP contribution >= 0.6 is 0 Å². The first-order chi connectivity index (χ1) is 6.25. The quantitative estimate of drug-likeness (QED) is 0.693. The molecule has 0 aromatic heterocycles. The predicted molar refractivity (Wildman–Crippen MR) is 51.4 cm³/mol. The van der Waals surface area contributed by atoms with E-state index in [1.54, 1.807) is 6.92 Å². The van der Waals surface area contributed by atoms with E-state index in [4.69, 9.17) is 0 Å². The van der Waals surface area contributed by atoms with Crippen molar-refractivity contribution < 1.29 is 4.79 Å². The second-order valence-electron chi connectivity index (χ2n) is 4.30. The van der Waals surface area contributed by atoms with Crippen LogP contribution in [-0.2, 0) is 4.79 Å². The Morgan fingerprint density at radius 3 is 2.77 bits per heavy atom. The number of carbonyl (C=O) groups is 1. The van der Waals surface area contributed by atoms with Crippen molar-refractivity contribution in [3.63, 3.8) is 0 Å². The molecule has 3 heteroatoms. The van der Waals surface area contributed by atoms with Crippen LogP contribution in [0.25, 0.3) is 0 Å². The van der Waals surface area contributed by atoms with Gasteiger partial charge in [0.15, 0.2) is 0 Å². The maximum absolute atomic E-state index is 11.0. The summed E-state index contributed by atoms with van der Waals surface area (Å²) in [6.07, 6.45) is 3.88. The van der Waals surface area contributed by atoms with E-state index in [1.807, 2.05) is 4.90 Å². The Morgan fingerprint density at radius 1 is 1.46 bits per heavy atom. The molecule has 1 atom stereocenters. The Bertz CT molecular complexity index is 201. The molecule has 3 nitrogen and oxygen atoms in total. The largest absolute Gasteiger partial charge is 0.343 e. The SMILES string of the molecule is CC(=O)N1CC[C@@H](CNC2CC2)C1. The molecule has 0 radical (unpaired) electrons. The first-order valence-corrected chi connectivity index (χ1v) is 5.24. The Morgan fingerprint density at radius 2 is 2.23 bits per heavy atom. The highest BCUT2D eigenvalue weighted by Crippen LogP contribution is 2.21. The van der Waals surface area contributed by atoms with Gasteiger partial charge in [0.2, 0.25) is 5.91 Å². The second-order valence-corrected chi connectivity index (χ2v) is 4.30. The number of carbonyl (C=O) groups excluding carboxylic acids is 1. The normalized spacial score (nSPS) is 28.1. The van der Waals surface area contributed by atoms with Crippen molar-refractivity contribution >= 4 is 5.91 Å². The first kappa shape index (κ1) is 9.00. The number of hydrogen-bond donors (Lipinski definition) is 1. The molecule has 0 unspecified atom stereocenters. The summed E-state index contributed by atoms with van der Waals surface area (Å²) in [5.41, 5.74) is 0. The molecular formula is C10H18N2O. The fraction of sp³-hybridized carbons (Fsp3) is 0.900. The highest BCUT2D eigenvalue weighted by Gasteiger charge is 2.26. The Balaban J connectivity index is 1.67. The monoisotopic (exact) mass is 182 g/mol. The van der Waals surface area contributed by atoms with Gasteiger partial charge in [0, 0.05) is 26.1 Å². The van der Waals surface area contributed by atoms with Gasteiger partial charge in [-0.2, -0.15) is 0 Å². The topological polar surface area (TPSA) is 32.3 Å². The zero-order valence-electron chi connectivity index (χ0n) is 8.25. The minimum Gasteiger partial charge on any atom is -0.343 e. The van der Waals surface area contributed by atoms with Gasteiger partial charge < -0.3 is 10.2 Å². The van der Waals surface area contributed by atoms with Crippen molar-refractivity contribution in [2.45, 2.75) is 32.2 Å². The molecule has 1 heterocycles. The molecule has 1 saturated carbocycles. The molecule has 0 aromatic carbocycles. The fourth-order valence-corrected chi connectivity index (χ4v) is 1.91. The molecule has 2 fully saturated rings. The highest BCUT2D eigenvalue weighted by molar-refractivity contribution is 5.73. The molecule has 0 aromatic rings. The molecule has 1 aliphatic heterocycles. The molecule has 1 N–H and O–H groups in total. The molecule has 1 amide bonds. The van der Waals surface area contributed by atoms with Crippen molar-refractivity contribution in [2.24, 2.45) is 5.92 Å². The summed E-state index contributed by atoms with van der Waals surface area (Å²) in [4.78, 5) is 13.0. The van der Waals surface area contributed by atoms with Gasteiger partial charge in [0.25, 0.3) is 0 Å². The van der Waals surface area contributed by atoms with Crippen LogP contribution < -0.4 is 5.32 Å². The Hall–Kier alpha value is -0.570. The van der Waals surface area contributed by atoms with E-state index in [-0.39, 0.29) is 5.91 Å². The molecule has 0 spiro atoms. The molecular weight excluding hydrogens is 164 g/mol. The lowest BCUT2D eigenvalue weighted by atomic mass is 10.1. The summed E-state index contributed by atoms with van der Waals surface area (Å²) in [6.45, 7) is 4.70. The van der Waals surface area contributed by atoms with E-state index in [0.29, 0.717) is 5.92 Å². The zero-order chi connectivity index (χ0) is 9.26. The van der Waals surface area contributed by atoms with Crippen LogP contribution in [0, 0.1) is 5.92 Å². The fourth-order valence-electron chi connectivity index (χ4n) is 1.91. The lowest BCUT2D eigenvalue weighted by molar-refractivity contribution is -0.127. The van der Waals surface area contributed by atoms with Crippen LogP contribution in [0.1, 0.15) is 26.2 Å². The summed E-state index contributed by atoms with van der Waals surface area (Å²) in [7, 11) is 0. The molecule has 2 aliphatic rings. The second kappa shape index (κ2) is 3.66. The van der Waals surface area contributed by atoms with Crippen LogP contribution in [0.3, 0.4) is 0 Å². The molecule has 1 aliphatic carbocycles. The Kier molecular flexibility index (Phi) is 2.54. The number of amides is 1. The summed E-state index contributed by atoms with van der Waals surface area (Å²) < 4.78 is 0. The lowest BCUT2D eigenvalue weighted by Gasteiger charge is -2.14. The predicted octanol–water partition coefficient (Wildman–Crippen LogP) is 0.607. The van der Waals surface area contributed by atoms with Crippen LogP contribution in [0.4, 0.5) is 0 Å². The van der Waals surface area contributed by atoms with Crippen LogP contribution in [0.15, 0.2) is 0 Å².